The number of methoxy groups -OCH3 is 3. The minimum Gasteiger partial charge on any atom is -0.493 e. The largest absolute Gasteiger partial charge is 0.493 e. The van der Waals surface area contributed by atoms with E-state index in [0.717, 1.165) is 0 Å². The van der Waals surface area contributed by atoms with Crippen LogP contribution in [-0.4, -0.2) is 33.5 Å². The summed E-state index contributed by atoms with van der Waals surface area (Å²) in [5.74, 6) is 0.539. The number of hydrogen-bond donors (Lipinski definition) is 1. The molecule has 1 N–H and O–H groups in total. The number of para-hydroxylation sites is 1. The second-order valence-corrected chi connectivity index (χ2v) is 5.63. The first-order valence-corrected chi connectivity index (χ1v) is 8.23. The fraction of sp³-hybridized carbons (Fsp3) is 0.150. The van der Waals surface area contributed by atoms with Gasteiger partial charge in [0.15, 0.2) is 11.5 Å². The van der Waals surface area contributed by atoms with Crippen LogP contribution in [0.5, 0.6) is 17.2 Å². The second kappa shape index (κ2) is 8.26. The fourth-order valence-electron chi connectivity index (χ4n) is 2.62. The van der Waals surface area contributed by atoms with Gasteiger partial charge in [0.1, 0.15) is 11.8 Å². The SMILES string of the molecule is COc1cc(C(=O)N/N=C/c2coc3ccccc3c2=O)cc(OC)c1OC. The van der Waals surface area contributed by atoms with Crippen LogP contribution in [0.25, 0.3) is 11.0 Å². The van der Waals surface area contributed by atoms with Gasteiger partial charge in [-0.1, -0.05) is 12.1 Å². The lowest BCUT2D eigenvalue weighted by Crippen LogP contribution is -2.19. The molecule has 144 valence electrons. The molecule has 0 atom stereocenters. The van der Waals surface area contributed by atoms with Gasteiger partial charge >= 0.3 is 0 Å². The third-order valence-electron chi connectivity index (χ3n) is 4.00. The smallest absolute Gasteiger partial charge is 0.271 e. The van der Waals surface area contributed by atoms with E-state index >= 15 is 0 Å². The molecule has 0 aliphatic heterocycles. The highest BCUT2D eigenvalue weighted by Gasteiger charge is 2.16. The summed E-state index contributed by atoms with van der Waals surface area (Å²) in [7, 11) is 4.38. The van der Waals surface area contributed by atoms with Gasteiger partial charge in [0, 0.05) is 5.56 Å². The summed E-state index contributed by atoms with van der Waals surface area (Å²) in [4.78, 5) is 24.8. The average Bonchev–Trinajstić information content (AvgIpc) is 2.74. The molecule has 0 bridgehead atoms. The maximum atomic E-state index is 12.4. The average molecular weight is 382 g/mol. The van der Waals surface area contributed by atoms with Gasteiger partial charge < -0.3 is 18.6 Å². The van der Waals surface area contributed by atoms with Crippen LogP contribution in [-0.2, 0) is 0 Å². The summed E-state index contributed by atoms with van der Waals surface area (Å²) in [5, 5.41) is 4.27. The molecule has 0 radical (unpaired) electrons. The highest BCUT2D eigenvalue weighted by atomic mass is 16.5. The maximum Gasteiger partial charge on any atom is 0.271 e. The van der Waals surface area contributed by atoms with Crippen molar-refractivity contribution in [2.75, 3.05) is 21.3 Å². The van der Waals surface area contributed by atoms with E-state index in [0.29, 0.717) is 28.2 Å². The van der Waals surface area contributed by atoms with Gasteiger partial charge in [-0.3, -0.25) is 9.59 Å². The van der Waals surface area contributed by atoms with Crippen molar-refractivity contribution in [3.63, 3.8) is 0 Å². The molecule has 0 aliphatic rings. The van der Waals surface area contributed by atoms with Crippen molar-refractivity contribution in [1.82, 2.24) is 5.43 Å². The van der Waals surface area contributed by atoms with Crippen LogP contribution < -0.4 is 25.1 Å². The summed E-state index contributed by atoms with van der Waals surface area (Å²) in [5.41, 5.74) is 3.06. The number of amides is 1. The molecule has 2 aromatic carbocycles. The van der Waals surface area contributed by atoms with Crippen molar-refractivity contribution in [3.05, 3.63) is 64.0 Å². The number of fused-ring (bicyclic) bond motifs is 1. The molecule has 8 nitrogen and oxygen atoms in total. The van der Waals surface area contributed by atoms with Gasteiger partial charge in [0.25, 0.3) is 5.91 Å². The van der Waals surface area contributed by atoms with Gasteiger partial charge in [-0.05, 0) is 24.3 Å². The topological polar surface area (TPSA) is 99.4 Å². The molecule has 0 aliphatic carbocycles. The summed E-state index contributed by atoms with van der Waals surface area (Å²) in [6.45, 7) is 0. The number of ether oxygens (including phenoxy) is 3. The Bertz CT molecular complexity index is 1080. The van der Waals surface area contributed by atoms with E-state index in [1.54, 1.807) is 24.3 Å². The molecule has 1 aromatic heterocycles. The first-order valence-electron chi connectivity index (χ1n) is 8.23. The Hall–Kier alpha value is -3.81. The lowest BCUT2D eigenvalue weighted by Gasteiger charge is -2.13. The van der Waals surface area contributed by atoms with E-state index in [4.69, 9.17) is 18.6 Å². The minimum absolute atomic E-state index is 0.212. The van der Waals surface area contributed by atoms with Crippen LogP contribution in [0.15, 0.2) is 57.0 Å². The zero-order chi connectivity index (χ0) is 20.1. The predicted octanol–water partition coefficient (Wildman–Crippen LogP) is 2.58. The maximum absolute atomic E-state index is 12.4. The lowest BCUT2D eigenvalue weighted by molar-refractivity contribution is 0.0954. The van der Waals surface area contributed by atoms with Crippen LogP contribution in [0.4, 0.5) is 0 Å². The Kier molecular flexibility index (Phi) is 5.59. The summed E-state index contributed by atoms with van der Waals surface area (Å²) in [6, 6.07) is 9.87. The molecule has 28 heavy (non-hydrogen) atoms. The Balaban J connectivity index is 1.82. The van der Waals surface area contributed by atoms with Gasteiger partial charge in [-0.15, -0.1) is 0 Å². The van der Waals surface area contributed by atoms with Crippen LogP contribution in [0, 0.1) is 0 Å². The standard InChI is InChI=1S/C20H18N2O6/c1-25-16-8-12(9-17(26-2)19(16)27-3)20(24)22-21-10-13-11-28-15-7-5-4-6-14(15)18(13)23/h4-11H,1-3H3,(H,22,24)/b21-10+. The molecular formula is C20H18N2O6. The molecule has 0 saturated heterocycles. The Morgan fingerprint density at radius 3 is 2.39 bits per heavy atom. The Morgan fingerprint density at radius 2 is 1.75 bits per heavy atom. The number of nitrogens with one attached hydrogen (secondary N) is 1. The van der Waals surface area contributed by atoms with E-state index in [9.17, 15) is 9.59 Å². The summed E-state index contributed by atoms with van der Waals surface area (Å²) in [6.07, 6.45) is 2.52. The monoisotopic (exact) mass is 382 g/mol. The zero-order valence-electron chi connectivity index (χ0n) is 15.5. The molecule has 1 amide bonds. The van der Waals surface area contributed by atoms with E-state index in [-0.39, 0.29) is 16.6 Å². The molecule has 0 saturated carbocycles. The number of carbonyl (C=O) groups is 1. The summed E-state index contributed by atoms with van der Waals surface area (Å²) >= 11 is 0. The van der Waals surface area contributed by atoms with Crippen molar-refractivity contribution in [2.24, 2.45) is 5.10 Å². The van der Waals surface area contributed by atoms with Crippen LogP contribution in [0.3, 0.4) is 0 Å². The predicted molar refractivity (Wildman–Crippen MR) is 104 cm³/mol. The molecule has 8 heteroatoms. The molecule has 3 aromatic rings. The van der Waals surface area contributed by atoms with E-state index in [1.165, 1.54) is 45.9 Å². The fourth-order valence-corrected chi connectivity index (χ4v) is 2.62. The van der Waals surface area contributed by atoms with Crippen molar-refractivity contribution < 1.29 is 23.4 Å². The number of rotatable bonds is 6. The van der Waals surface area contributed by atoms with Gasteiger partial charge in [-0.2, -0.15) is 5.10 Å². The number of hydrazone groups is 1. The second-order valence-electron chi connectivity index (χ2n) is 5.63. The molecule has 0 fully saturated rings. The van der Waals surface area contributed by atoms with Crippen molar-refractivity contribution >= 4 is 23.1 Å². The van der Waals surface area contributed by atoms with Gasteiger partial charge in [0.05, 0.1) is 38.5 Å². The van der Waals surface area contributed by atoms with Crippen LogP contribution in [0.2, 0.25) is 0 Å². The summed E-state index contributed by atoms with van der Waals surface area (Å²) < 4.78 is 21.1. The molecule has 3 rings (SSSR count). The van der Waals surface area contributed by atoms with Crippen molar-refractivity contribution in [3.8, 4) is 17.2 Å². The molecule has 0 unspecified atom stereocenters. The van der Waals surface area contributed by atoms with Crippen molar-refractivity contribution in [1.29, 1.82) is 0 Å². The van der Waals surface area contributed by atoms with E-state index in [1.807, 2.05) is 0 Å². The number of carbonyl (C=O) groups excluding carboxylic acids is 1. The Labute approximate surface area is 160 Å². The third-order valence-corrected chi connectivity index (χ3v) is 4.00. The van der Waals surface area contributed by atoms with Crippen LogP contribution >= 0.6 is 0 Å². The number of nitrogens with zero attached hydrogens (tertiary/aromatic N) is 1. The molecule has 1 heterocycles. The van der Waals surface area contributed by atoms with Crippen LogP contribution in [0.1, 0.15) is 15.9 Å². The van der Waals surface area contributed by atoms with Crippen molar-refractivity contribution in [2.45, 2.75) is 0 Å². The third kappa shape index (κ3) is 3.66. The minimum atomic E-state index is -0.513. The van der Waals surface area contributed by atoms with E-state index < -0.39 is 5.91 Å². The quantitative estimate of drug-likeness (QED) is 0.520. The van der Waals surface area contributed by atoms with Gasteiger partial charge in [0.2, 0.25) is 11.2 Å². The first kappa shape index (κ1) is 19.0. The Morgan fingerprint density at radius 1 is 1.07 bits per heavy atom. The van der Waals surface area contributed by atoms with Gasteiger partial charge in [-0.25, -0.2) is 5.43 Å². The first-order chi connectivity index (χ1) is 13.6. The highest BCUT2D eigenvalue weighted by Crippen LogP contribution is 2.38. The van der Waals surface area contributed by atoms with E-state index in [2.05, 4.69) is 10.5 Å². The highest BCUT2D eigenvalue weighted by molar-refractivity contribution is 5.96. The lowest BCUT2D eigenvalue weighted by atomic mass is 10.1. The normalized spacial score (nSPS) is 10.8. The zero-order valence-corrected chi connectivity index (χ0v) is 15.5. The number of hydrogen-bond acceptors (Lipinski definition) is 7. The molecular weight excluding hydrogens is 364 g/mol. The molecule has 0 spiro atoms. The number of benzene rings is 2.